The van der Waals surface area contributed by atoms with Crippen LogP contribution in [0.2, 0.25) is 0 Å². The molecule has 0 radical (unpaired) electrons. The smallest absolute Gasteiger partial charge is 0.224 e. The Morgan fingerprint density at radius 3 is 2.45 bits per heavy atom. The number of rotatable bonds is 3. The molecule has 2 N–H and O–H groups in total. The fourth-order valence-corrected chi connectivity index (χ4v) is 2.13. The van der Waals surface area contributed by atoms with E-state index < -0.39 is 0 Å². The van der Waals surface area contributed by atoms with Crippen LogP contribution in [0.3, 0.4) is 0 Å². The zero-order valence-corrected chi connectivity index (χ0v) is 13.2. The minimum Gasteiger partial charge on any atom is -0.353 e. The second-order valence-electron chi connectivity index (χ2n) is 4.74. The van der Waals surface area contributed by atoms with Gasteiger partial charge in [0.05, 0.1) is 0 Å². The number of carbonyl (C=O) groups excluding carboxylic acids is 1. The Balaban J connectivity index is 0.00000180. The summed E-state index contributed by atoms with van der Waals surface area (Å²) in [4.78, 5) is 20.3. The van der Waals surface area contributed by atoms with E-state index in [9.17, 15) is 4.79 Å². The van der Waals surface area contributed by atoms with Gasteiger partial charge in [-0.3, -0.25) is 4.79 Å². The predicted octanol–water partition coefficient (Wildman–Crippen LogP) is 1.31. The summed E-state index contributed by atoms with van der Waals surface area (Å²) in [6.07, 6.45) is 2.23. The van der Waals surface area contributed by atoms with Crippen LogP contribution >= 0.6 is 24.8 Å². The molecule has 114 valence electrons. The van der Waals surface area contributed by atoms with Crippen LogP contribution in [0.4, 0.5) is 5.82 Å². The number of aromatic nitrogens is 1. The van der Waals surface area contributed by atoms with Crippen LogP contribution in [0.25, 0.3) is 0 Å². The van der Waals surface area contributed by atoms with Gasteiger partial charge in [-0.15, -0.1) is 24.8 Å². The second-order valence-corrected chi connectivity index (χ2v) is 4.74. The van der Waals surface area contributed by atoms with Gasteiger partial charge >= 0.3 is 0 Å². The Labute approximate surface area is 132 Å². The highest BCUT2D eigenvalue weighted by Gasteiger charge is 2.21. The molecule has 1 unspecified atom stereocenters. The number of anilines is 1. The monoisotopic (exact) mass is 320 g/mol. The predicted molar refractivity (Wildman–Crippen MR) is 85.8 cm³/mol. The largest absolute Gasteiger partial charge is 0.353 e. The van der Waals surface area contributed by atoms with Gasteiger partial charge in [-0.1, -0.05) is 6.07 Å². The van der Waals surface area contributed by atoms with Crippen molar-refractivity contribution < 1.29 is 4.79 Å². The molecule has 0 spiro atoms. The number of halogens is 2. The Morgan fingerprint density at radius 1 is 1.30 bits per heavy atom. The summed E-state index contributed by atoms with van der Waals surface area (Å²) >= 11 is 0. The first kappa shape index (κ1) is 19.0. The van der Waals surface area contributed by atoms with Gasteiger partial charge in [-0.05, 0) is 19.1 Å². The number of piperazine rings is 1. The fraction of sp³-hybridized carbons (Fsp3) is 0.538. The third-order valence-corrected chi connectivity index (χ3v) is 3.10. The van der Waals surface area contributed by atoms with Crippen molar-refractivity contribution in [3.63, 3.8) is 0 Å². The summed E-state index contributed by atoms with van der Waals surface area (Å²) in [5.74, 6) is 1.14. The molecular formula is C13H22Cl2N4O. The van der Waals surface area contributed by atoms with Crippen molar-refractivity contribution in [2.24, 2.45) is 5.73 Å². The van der Waals surface area contributed by atoms with E-state index in [4.69, 9.17) is 5.73 Å². The Morgan fingerprint density at radius 2 is 1.95 bits per heavy atom. The fourth-order valence-electron chi connectivity index (χ4n) is 2.13. The Hall–Kier alpha value is -1.04. The average Bonchev–Trinajstić information content (AvgIpc) is 2.39. The van der Waals surface area contributed by atoms with Crippen LogP contribution < -0.4 is 10.6 Å². The molecule has 1 amide bonds. The SMILES string of the molecule is CC(N)CC(=O)N1CCN(c2ccccn2)CC1.Cl.Cl. The highest BCUT2D eigenvalue weighted by molar-refractivity contribution is 5.85. The van der Waals surface area contributed by atoms with Gasteiger partial charge in [0.25, 0.3) is 0 Å². The molecule has 1 aliphatic heterocycles. The van der Waals surface area contributed by atoms with Gasteiger partial charge in [0.2, 0.25) is 5.91 Å². The summed E-state index contributed by atoms with van der Waals surface area (Å²) in [7, 11) is 0. The zero-order chi connectivity index (χ0) is 13.0. The lowest BCUT2D eigenvalue weighted by Gasteiger charge is -2.35. The number of hydrogen-bond acceptors (Lipinski definition) is 4. The van der Waals surface area contributed by atoms with Crippen molar-refractivity contribution in [2.45, 2.75) is 19.4 Å². The first-order valence-corrected chi connectivity index (χ1v) is 6.36. The molecule has 0 saturated carbocycles. The summed E-state index contributed by atoms with van der Waals surface area (Å²) < 4.78 is 0. The lowest BCUT2D eigenvalue weighted by atomic mass is 10.2. The average molecular weight is 321 g/mol. The van der Waals surface area contributed by atoms with E-state index in [-0.39, 0.29) is 36.8 Å². The number of amides is 1. The minimum atomic E-state index is -0.0636. The molecule has 1 atom stereocenters. The van der Waals surface area contributed by atoms with Gasteiger partial charge in [0, 0.05) is 44.8 Å². The summed E-state index contributed by atoms with van der Waals surface area (Å²) in [5.41, 5.74) is 5.65. The quantitative estimate of drug-likeness (QED) is 0.912. The van der Waals surface area contributed by atoms with Gasteiger partial charge in [0.15, 0.2) is 0 Å². The normalized spacial score (nSPS) is 15.9. The molecule has 20 heavy (non-hydrogen) atoms. The number of nitrogens with two attached hydrogens (primary N) is 1. The number of carbonyl (C=O) groups is 1. The minimum absolute atomic E-state index is 0. The molecule has 5 nitrogen and oxygen atoms in total. The van der Waals surface area contributed by atoms with Crippen LogP contribution in [-0.4, -0.2) is 48.0 Å². The van der Waals surface area contributed by atoms with Gasteiger partial charge in [-0.2, -0.15) is 0 Å². The Kier molecular flexibility index (Phi) is 8.53. The molecule has 0 bridgehead atoms. The molecular weight excluding hydrogens is 299 g/mol. The highest BCUT2D eigenvalue weighted by atomic mass is 35.5. The van der Waals surface area contributed by atoms with Gasteiger partial charge in [-0.25, -0.2) is 4.98 Å². The van der Waals surface area contributed by atoms with Crippen LogP contribution in [0.1, 0.15) is 13.3 Å². The molecule has 1 fully saturated rings. The molecule has 1 aromatic heterocycles. The Bertz CT molecular complexity index is 395. The first-order chi connectivity index (χ1) is 8.66. The van der Waals surface area contributed by atoms with E-state index in [1.54, 1.807) is 6.20 Å². The van der Waals surface area contributed by atoms with Crippen molar-refractivity contribution in [3.8, 4) is 0 Å². The van der Waals surface area contributed by atoms with Crippen molar-refractivity contribution in [2.75, 3.05) is 31.1 Å². The van der Waals surface area contributed by atoms with Crippen LogP contribution in [0, 0.1) is 0 Å². The lowest BCUT2D eigenvalue weighted by molar-refractivity contribution is -0.131. The van der Waals surface area contributed by atoms with Crippen molar-refractivity contribution in [3.05, 3.63) is 24.4 Å². The molecule has 1 aromatic rings. The molecule has 0 aromatic carbocycles. The van der Waals surface area contributed by atoms with E-state index in [1.165, 1.54) is 0 Å². The van der Waals surface area contributed by atoms with Gasteiger partial charge < -0.3 is 15.5 Å². The standard InChI is InChI=1S/C13H20N4O.2ClH/c1-11(14)10-13(18)17-8-6-16(7-9-17)12-4-2-3-5-15-12;;/h2-5,11H,6-10,14H2,1H3;2*1H. The molecule has 1 aliphatic rings. The maximum atomic E-state index is 11.9. The van der Waals surface area contributed by atoms with Crippen LogP contribution in [0.5, 0.6) is 0 Å². The summed E-state index contributed by atoms with van der Waals surface area (Å²) in [6, 6.07) is 5.83. The summed E-state index contributed by atoms with van der Waals surface area (Å²) in [6.45, 7) is 5.04. The zero-order valence-electron chi connectivity index (χ0n) is 11.6. The second kappa shape index (κ2) is 9.00. The van der Waals surface area contributed by atoms with E-state index in [1.807, 2.05) is 30.0 Å². The lowest BCUT2D eigenvalue weighted by Crippen LogP contribution is -2.49. The van der Waals surface area contributed by atoms with Crippen molar-refractivity contribution in [1.29, 1.82) is 0 Å². The molecule has 7 heteroatoms. The molecule has 2 heterocycles. The first-order valence-electron chi connectivity index (χ1n) is 6.36. The van der Waals surface area contributed by atoms with E-state index in [2.05, 4.69) is 9.88 Å². The maximum Gasteiger partial charge on any atom is 0.224 e. The molecule has 1 saturated heterocycles. The van der Waals surface area contributed by atoms with E-state index in [0.29, 0.717) is 6.42 Å². The third-order valence-electron chi connectivity index (χ3n) is 3.10. The molecule has 0 aliphatic carbocycles. The van der Waals surface area contributed by atoms with E-state index >= 15 is 0 Å². The number of pyridine rings is 1. The number of hydrogen-bond donors (Lipinski definition) is 1. The number of nitrogens with zero attached hydrogens (tertiary/aromatic N) is 3. The van der Waals surface area contributed by atoms with Crippen molar-refractivity contribution >= 4 is 36.5 Å². The topological polar surface area (TPSA) is 62.5 Å². The van der Waals surface area contributed by atoms with Gasteiger partial charge in [0.1, 0.15) is 5.82 Å². The highest BCUT2D eigenvalue weighted by Crippen LogP contribution is 2.13. The van der Waals surface area contributed by atoms with E-state index in [0.717, 1.165) is 32.0 Å². The third kappa shape index (κ3) is 5.15. The van der Waals surface area contributed by atoms with Crippen molar-refractivity contribution in [1.82, 2.24) is 9.88 Å². The van der Waals surface area contributed by atoms with Crippen LogP contribution in [-0.2, 0) is 4.79 Å². The maximum absolute atomic E-state index is 11.9. The summed E-state index contributed by atoms with van der Waals surface area (Å²) in [5, 5.41) is 0. The molecule has 2 rings (SSSR count). The van der Waals surface area contributed by atoms with Crippen LogP contribution in [0.15, 0.2) is 24.4 Å².